The van der Waals surface area contributed by atoms with E-state index in [1.54, 1.807) is 0 Å². The molecule has 3 rings (SSSR count). The van der Waals surface area contributed by atoms with Crippen LogP contribution in [0.4, 0.5) is 0 Å². The van der Waals surface area contributed by atoms with Gasteiger partial charge in [0, 0.05) is 18.7 Å². The maximum absolute atomic E-state index is 8.74. The molecule has 5 heteroatoms. The molecule has 0 spiro atoms. The molecule has 0 radical (unpaired) electrons. The van der Waals surface area contributed by atoms with Crippen LogP contribution in [0.1, 0.15) is 49.3 Å². The van der Waals surface area contributed by atoms with Crippen LogP contribution in [-0.4, -0.2) is 20.6 Å². The van der Waals surface area contributed by atoms with Crippen LogP contribution < -0.4 is 5.73 Å². The van der Waals surface area contributed by atoms with E-state index in [9.17, 15) is 0 Å². The Balaban J connectivity index is 1.82. The first kappa shape index (κ1) is 12.5. The normalized spacial score (nSPS) is 21.2. The zero-order valence-corrected chi connectivity index (χ0v) is 11.5. The molecule has 5 nitrogen and oxygen atoms in total. The van der Waals surface area contributed by atoms with Gasteiger partial charge in [-0.2, -0.15) is 0 Å². The lowest BCUT2D eigenvalue weighted by Crippen LogP contribution is -2.23. The molecule has 19 heavy (non-hydrogen) atoms. The second-order valence-electron chi connectivity index (χ2n) is 6.11. The van der Waals surface area contributed by atoms with Crippen LogP contribution in [0.2, 0.25) is 0 Å². The van der Waals surface area contributed by atoms with E-state index in [1.807, 2.05) is 0 Å². The predicted octanol–water partition coefficient (Wildman–Crippen LogP) is 1.99. The molecule has 104 valence electrons. The van der Waals surface area contributed by atoms with Gasteiger partial charge in [-0.15, -0.1) is 0 Å². The first-order valence-electron chi connectivity index (χ1n) is 7.15. The van der Waals surface area contributed by atoms with E-state index in [-0.39, 0.29) is 5.41 Å². The molecule has 1 heterocycles. The Labute approximate surface area is 113 Å². The lowest BCUT2D eigenvalue weighted by atomic mass is 9.99. The molecule has 0 bridgehead atoms. The minimum atomic E-state index is 0.201. The molecule has 0 unspecified atom stereocenters. The van der Waals surface area contributed by atoms with Crippen molar-refractivity contribution in [1.29, 1.82) is 0 Å². The van der Waals surface area contributed by atoms with Crippen molar-refractivity contribution in [2.24, 2.45) is 16.3 Å². The van der Waals surface area contributed by atoms with Gasteiger partial charge in [-0.05, 0) is 50.9 Å². The van der Waals surface area contributed by atoms with Gasteiger partial charge in [-0.1, -0.05) is 5.16 Å². The van der Waals surface area contributed by atoms with Crippen LogP contribution in [0.5, 0.6) is 0 Å². The van der Waals surface area contributed by atoms with Gasteiger partial charge < -0.3 is 15.5 Å². The minimum absolute atomic E-state index is 0.201. The van der Waals surface area contributed by atoms with E-state index < -0.39 is 0 Å². The highest BCUT2D eigenvalue weighted by atomic mass is 16.4. The Morgan fingerprint density at radius 1 is 1.42 bits per heavy atom. The number of hydrogen-bond acceptors (Lipinski definition) is 3. The van der Waals surface area contributed by atoms with Crippen LogP contribution in [0, 0.1) is 12.3 Å². The molecule has 2 aliphatic rings. The van der Waals surface area contributed by atoms with E-state index in [1.165, 1.54) is 24.2 Å². The molecular weight excluding hydrogens is 240 g/mol. The van der Waals surface area contributed by atoms with Crippen molar-refractivity contribution in [2.75, 3.05) is 0 Å². The van der Waals surface area contributed by atoms with Gasteiger partial charge in [0.15, 0.2) is 0 Å². The lowest BCUT2D eigenvalue weighted by molar-refractivity contribution is 0.312. The summed E-state index contributed by atoms with van der Waals surface area (Å²) in [6, 6.07) is 0. The molecule has 1 aromatic rings. The Bertz CT molecular complexity index is 514. The number of aromatic nitrogens is 2. The van der Waals surface area contributed by atoms with Crippen LogP contribution in [0.15, 0.2) is 5.16 Å². The fourth-order valence-corrected chi connectivity index (χ4v) is 3.27. The second-order valence-corrected chi connectivity index (χ2v) is 6.11. The van der Waals surface area contributed by atoms with Gasteiger partial charge in [-0.3, -0.25) is 0 Å². The molecule has 3 N–H and O–H groups in total. The number of imidazole rings is 1. The topological polar surface area (TPSA) is 76.4 Å². The SMILES string of the molecule is Cc1nc2c(n1CC1(CC(N)=NO)CC1)CCCC2. The molecule has 0 saturated heterocycles. The number of nitrogens with zero attached hydrogens (tertiary/aromatic N) is 3. The molecule has 1 aromatic heterocycles. The third-order valence-electron chi connectivity index (χ3n) is 4.56. The lowest BCUT2D eigenvalue weighted by Gasteiger charge is -2.20. The molecule has 1 fully saturated rings. The predicted molar refractivity (Wildman–Crippen MR) is 73.3 cm³/mol. The van der Waals surface area contributed by atoms with Crippen LogP contribution in [-0.2, 0) is 19.4 Å². The summed E-state index contributed by atoms with van der Waals surface area (Å²) < 4.78 is 2.38. The number of oxime groups is 1. The van der Waals surface area contributed by atoms with Gasteiger partial charge in [0.25, 0.3) is 0 Å². The summed E-state index contributed by atoms with van der Waals surface area (Å²) >= 11 is 0. The van der Waals surface area contributed by atoms with Gasteiger partial charge in [0.05, 0.1) is 5.69 Å². The van der Waals surface area contributed by atoms with Crippen molar-refractivity contribution < 1.29 is 5.21 Å². The maximum Gasteiger partial charge on any atom is 0.139 e. The quantitative estimate of drug-likeness (QED) is 0.377. The second kappa shape index (κ2) is 4.54. The highest BCUT2D eigenvalue weighted by Crippen LogP contribution is 2.50. The van der Waals surface area contributed by atoms with Gasteiger partial charge in [-0.25, -0.2) is 4.98 Å². The minimum Gasteiger partial charge on any atom is -0.409 e. The van der Waals surface area contributed by atoms with Crippen molar-refractivity contribution in [2.45, 2.75) is 58.4 Å². The third-order valence-corrected chi connectivity index (χ3v) is 4.56. The van der Waals surface area contributed by atoms with Crippen molar-refractivity contribution >= 4 is 5.84 Å². The first-order valence-corrected chi connectivity index (χ1v) is 7.15. The summed E-state index contributed by atoms with van der Waals surface area (Å²) in [5.74, 6) is 1.47. The standard InChI is InChI=1S/C14H22N4O/c1-10-16-11-4-2-3-5-12(11)18(10)9-14(6-7-14)8-13(15)17-19/h19H,2-9H2,1H3,(H2,15,17). The monoisotopic (exact) mass is 262 g/mol. The van der Waals surface area contributed by atoms with Crippen molar-refractivity contribution in [3.63, 3.8) is 0 Å². The van der Waals surface area contributed by atoms with E-state index in [0.717, 1.165) is 38.1 Å². The Hall–Kier alpha value is -1.52. The zero-order chi connectivity index (χ0) is 13.5. The Kier molecular flexibility index (Phi) is 2.99. The third kappa shape index (κ3) is 2.33. The first-order chi connectivity index (χ1) is 9.13. The molecule has 0 aromatic carbocycles. The number of amidine groups is 1. The van der Waals surface area contributed by atoms with E-state index in [4.69, 9.17) is 15.9 Å². The number of fused-ring (bicyclic) bond motifs is 1. The summed E-state index contributed by atoms with van der Waals surface area (Å²) in [5, 5.41) is 11.9. The Morgan fingerprint density at radius 2 is 2.16 bits per heavy atom. The Morgan fingerprint density at radius 3 is 2.84 bits per heavy atom. The van der Waals surface area contributed by atoms with Crippen LogP contribution >= 0.6 is 0 Å². The van der Waals surface area contributed by atoms with E-state index in [2.05, 4.69) is 16.6 Å². The maximum atomic E-state index is 8.74. The van der Waals surface area contributed by atoms with Gasteiger partial charge in [0.1, 0.15) is 11.7 Å². The molecular formula is C14H22N4O. The van der Waals surface area contributed by atoms with Crippen molar-refractivity contribution in [3.05, 3.63) is 17.2 Å². The van der Waals surface area contributed by atoms with Crippen molar-refractivity contribution in [3.8, 4) is 0 Å². The summed E-state index contributed by atoms with van der Waals surface area (Å²) in [7, 11) is 0. The van der Waals surface area contributed by atoms with Crippen LogP contribution in [0.3, 0.4) is 0 Å². The molecule has 0 atom stereocenters. The summed E-state index contributed by atoms with van der Waals surface area (Å²) in [6.45, 7) is 3.06. The highest BCUT2D eigenvalue weighted by Gasteiger charge is 2.44. The average Bonchev–Trinajstić information content (AvgIpc) is 3.09. The van der Waals surface area contributed by atoms with E-state index >= 15 is 0 Å². The number of hydrogen-bond donors (Lipinski definition) is 2. The zero-order valence-electron chi connectivity index (χ0n) is 11.5. The van der Waals surface area contributed by atoms with Gasteiger partial charge in [0.2, 0.25) is 0 Å². The smallest absolute Gasteiger partial charge is 0.139 e. The highest BCUT2D eigenvalue weighted by molar-refractivity contribution is 5.80. The summed E-state index contributed by atoms with van der Waals surface area (Å²) in [4.78, 5) is 4.71. The molecule has 0 aliphatic heterocycles. The van der Waals surface area contributed by atoms with Crippen LogP contribution in [0.25, 0.3) is 0 Å². The van der Waals surface area contributed by atoms with Gasteiger partial charge >= 0.3 is 0 Å². The summed E-state index contributed by atoms with van der Waals surface area (Å²) in [5.41, 5.74) is 8.60. The molecule has 1 saturated carbocycles. The molecule has 0 amide bonds. The number of aryl methyl sites for hydroxylation is 2. The largest absolute Gasteiger partial charge is 0.409 e. The average molecular weight is 262 g/mol. The fourth-order valence-electron chi connectivity index (χ4n) is 3.27. The summed E-state index contributed by atoms with van der Waals surface area (Å²) in [6.07, 6.45) is 7.82. The number of nitrogens with two attached hydrogens (primary N) is 1. The van der Waals surface area contributed by atoms with E-state index in [0.29, 0.717) is 12.3 Å². The van der Waals surface area contributed by atoms with Crippen molar-refractivity contribution in [1.82, 2.24) is 9.55 Å². The molecule has 2 aliphatic carbocycles. The number of rotatable bonds is 4. The fraction of sp³-hybridized carbons (Fsp3) is 0.714.